The van der Waals surface area contributed by atoms with E-state index in [-0.39, 0.29) is 57.5 Å². The molecule has 2 fully saturated rings. The fourth-order valence-electron chi connectivity index (χ4n) is 3.14. The molecule has 7 nitrogen and oxygen atoms in total. The molecule has 3 atom stereocenters. The molecule has 2 amide bonds. The van der Waals surface area contributed by atoms with Crippen LogP contribution in [-0.2, 0) is 28.7 Å². The number of rotatable bonds is 7. The average molecular weight is 474 g/mol. The first-order chi connectivity index (χ1) is 14.3. The first kappa shape index (κ1) is 27.7. The van der Waals surface area contributed by atoms with E-state index in [2.05, 4.69) is 0 Å². The molecule has 31 heavy (non-hydrogen) atoms. The van der Waals surface area contributed by atoms with Crippen molar-refractivity contribution in [1.29, 1.82) is 0 Å². The van der Waals surface area contributed by atoms with Crippen molar-refractivity contribution in [3.05, 3.63) is 0 Å². The fourth-order valence-corrected chi connectivity index (χ4v) is 5.44. The van der Waals surface area contributed by atoms with Crippen LogP contribution in [0, 0.1) is 5.92 Å². The monoisotopic (exact) mass is 473 g/mol. The standard InChI is InChI=1S/C12H18O4S.C10H17NO2S/c1-6(2)12(15)16-11-8(13)5-9(10(11)14)17-7(3)4;1-6(2)11-9(12)5-8(10(11)13)14-7(3)4/h6-7,9,11H,5H2,1-4H3;6-8H,5H2,1-4H3. The lowest BCUT2D eigenvalue weighted by atomic mass is 10.2. The second kappa shape index (κ2) is 12.0. The largest absolute Gasteiger partial charge is 0.446 e. The Bertz CT molecular complexity index is 704. The molecule has 1 saturated carbocycles. The van der Waals surface area contributed by atoms with Gasteiger partial charge in [-0.3, -0.25) is 28.9 Å². The van der Waals surface area contributed by atoms with E-state index in [1.807, 2.05) is 41.5 Å². The Hall–Kier alpha value is -1.35. The summed E-state index contributed by atoms with van der Waals surface area (Å²) in [5.41, 5.74) is 0. The topological polar surface area (TPSA) is 97.8 Å². The molecular formula is C22H35NO6S2. The number of hydrogen-bond donors (Lipinski definition) is 0. The fraction of sp³-hybridized carbons (Fsp3) is 0.773. The Morgan fingerprint density at radius 3 is 1.81 bits per heavy atom. The van der Waals surface area contributed by atoms with Crippen LogP contribution in [0.1, 0.15) is 68.2 Å². The minimum atomic E-state index is -1.17. The predicted molar refractivity (Wildman–Crippen MR) is 124 cm³/mol. The molecule has 1 aliphatic heterocycles. The lowest BCUT2D eigenvalue weighted by Crippen LogP contribution is -2.37. The molecule has 176 valence electrons. The van der Waals surface area contributed by atoms with Gasteiger partial charge in [-0.15, -0.1) is 23.5 Å². The SMILES string of the molecule is CC(C)SC1CC(=O)C(OC(=O)C(C)C)C1=O.CC(C)SC1CC(=O)N(C(C)C)C1=O. The maximum atomic E-state index is 11.9. The van der Waals surface area contributed by atoms with E-state index in [0.29, 0.717) is 11.7 Å². The van der Waals surface area contributed by atoms with Crippen LogP contribution >= 0.6 is 23.5 Å². The number of likely N-dealkylation sites (tertiary alicyclic amines) is 1. The van der Waals surface area contributed by atoms with Gasteiger partial charge >= 0.3 is 5.97 Å². The van der Waals surface area contributed by atoms with Crippen LogP contribution in [0.3, 0.4) is 0 Å². The first-order valence-corrected chi connectivity index (χ1v) is 12.6. The number of Topliss-reactive ketones (excluding diaryl/α,β-unsaturated/α-hetero) is 2. The third-order valence-electron chi connectivity index (χ3n) is 4.49. The zero-order chi connectivity index (χ0) is 24.0. The first-order valence-electron chi connectivity index (χ1n) is 10.7. The molecule has 9 heteroatoms. The van der Waals surface area contributed by atoms with Crippen LogP contribution < -0.4 is 0 Å². The summed E-state index contributed by atoms with van der Waals surface area (Å²) in [5.74, 6) is -1.39. The number of esters is 1. The Balaban J connectivity index is 0.000000316. The van der Waals surface area contributed by atoms with Gasteiger partial charge in [-0.25, -0.2) is 0 Å². The van der Waals surface area contributed by atoms with Crippen molar-refractivity contribution < 1.29 is 28.7 Å². The molecule has 1 aliphatic carbocycles. The second-order valence-electron chi connectivity index (χ2n) is 8.79. The summed E-state index contributed by atoms with van der Waals surface area (Å²) >= 11 is 3.03. The summed E-state index contributed by atoms with van der Waals surface area (Å²) < 4.78 is 4.96. The van der Waals surface area contributed by atoms with Gasteiger partial charge in [-0.2, -0.15) is 0 Å². The molecule has 0 radical (unpaired) electrons. The minimum Gasteiger partial charge on any atom is -0.446 e. The predicted octanol–water partition coefficient (Wildman–Crippen LogP) is 3.27. The van der Waals surface area contributed by atoms with E-state index in [1.165, 1.54) is 16.7 Å². The van der Waals surface area contributed by atoms with Gasteiger partial charge < -0.3 is 4.74 Å². The van der Waals surface area contributed by atoms with Crippen LogP contribution in [0.15, 0.2) is 0 Å². The Morgan fingerprint density at radius 2 is 1.39 bits per heavy atom. The summed E-state index contributed by atoms with van der Waals surface area (Å²) in [6.07, 6.45) is -0.612. The molecule has 0 spiro atoms. The van der Waals surface area contributed by atoms with E-state index >= 15 is 0 Å². The van der Waals surface area contributed by atoms with Crippen LogP contribution in [0.5, 0.6) is 0 Å². The average Bonchev–Trinajstić information content (AvgIpc) is 3.04. The molecule has 0 aromatic carbocycles. The van der Waals surface area contributed by atoms with Gasteiger partial charge in [-0.1, -0.05) is 41.5 Å². The highest BCUT2D eigenvalue weighted by Crippen LogP contribution is 2.30. The van der Waals surface area contributed by atoms with Gasteiger partial charge in [0.25, 0.3) is 0 Å². The maximum Gasteiger partial charge on any atom is 0.309 e. The summed E-state index contributed by atoms with van der Waals surface area (Å²) in [6, 6.07) is -0.00670. The van der Waals surface area contributed by atoms with Crippen molar-refractivity contribution in [1.82, 2.24) is 4.90 Å². The summed E-state index contributed by atoms with van der Waals surface area (Å²) in [6.45, 7) is 15.1. The smallest absolute Gasteiger partial charge is 0.309 e. The van der Waals surface area contributed by atoms with E-state index in [1.54, 1.807) is 25.6 Å². The molecule has 0 aromatic rings. The molecule has 1 heterocycles. The number of imide groups is 1. The highest BCUT2D eigenvalue weighted by Gasteiger charge is 2.44. The number of ketones is 2. The molecule has 3 unspecified atom stereocenters. The van der Waals surface area contributed by atoms with Crippen LogP contribution in [0.25, 0.3) is 0 Å². The van der Waals surface area contributed by atoms with Crippen molar-refractivity contribution >= 4 is 52.9 Å². The summed E-state index contributed by atoms with van der Waals surface area (Å²) in [4.78, 5) is 59.6. The van der Waals surface area contributed by atoms with Gasteiger partial charge in [0.2, 0.25) is 17.9 Å². The van der Waals surface area contributed by atoms with Crippen molar-refractivity contribution in [2.45, 2.75) is 101 Å². The van der Waals surface area contributed by atoms with E-state index in [4.69, 9.17) is 4.74 Å². The quantitative estimate of drug-likeness (QED) is 0.316. The minimum absolute atomic E-state index is 0.00670. The Kier molecular flexibility index (Phi) is 10.8. The number of ether oxygens (including phenoxy) is 1. The molecule has 2 rings (SSSR count). The van der Waals surface area contributed by atoms with Crippen LogP contribution in [-0.4, -0.2) is 67.4 Å². The van der Waals surface area contributed by atoms with Crippen molar-refractivity contribution in [3.8, 4) is 0 Å². The number of hydrogen-bond acceptors (Lipinski definition) is 8. The van der Waals surface area contributed by atoms with Crippen molar-refractivity contribution in [2.24, 2.45) is 5.92 Å². The number of carbonyl (C=O) groups is 5. The van der Waals surface area contributed by atoms with Gasteiger partial charge in [0.15, 0.2) is 11.6 Å². The number of nitrogens with zero attached hydrogens (tertiary/aromatic N) is 1. The summed E-state index contributed by atoms with van der Waals surface area (Å²) in [7, 11) is 0. The summed E-state index contributed by atoms with van der Waals surface area (Å²) in [5, 5.41) is 0.164. The zero-order valence-electron chi connectivity index (χ0n) is 19.7. The molecule has 2 aliphatic rings. The van der Waals surface area contributed by atoms with E-state index < -0.39 is 12.1 Å². The molecule has 0 N–H and O–H groups in total. The van der Waals surface area contributed by atoms with Gasteiger partial charge in [-0.05, 0) is 24.3 Å². The van der Waals surface area contributed by atoms with E-state index in [9.17, 15) is 24.0 Å². The molecule has 1 saturated heterocycles. The highest BCUT2D eigenvalue weighted by atomic mass is 32.2. The second-order valence-corrected chi connectivity index (χ2v) is 12.4. The third kappa shape index (κ3) is 7.93. The number of carbonyl (C=O) groups excluding carboxylic acids is 5. The molecule has 0 bridgehead atoms. The lowest BCUT2D eigenvalue weighted by molar-refractivity contribution is -0.160. The van der Waals surface area contributed by atoms with Crippen LogP contribution in [0.2, 0.25) is 0 Å². The van der Waals surface area contributed by atoms with Gasteiger partial charge in [0.1, 0.15) is 0 Å². The molecular weight excluding hydrogens is 438 g/mol. The van der Waals surface area contributed by atoms with Crippen LogP contribution in [0.4, 0.5) is 0 Å². The van der Waals surface area contributed by atoms with Gasteiger partial charge in [0, 0.05) is 18.9 Å². The Morgan fingerprint density at radius 1 is 0.871 bits per heavy atom. The normalized spacial score (nSPS) is 24.0. The highest BCUT2D eigenvalue weighted by molar-refractivity contribution is 8.01. The number of thioether (sulfide) groups is 2. The number of amides is 2. The van der Waals surface area contributed by atoms with E-state index in [0.717, 1.165) is 0 Å². The zero-order valence-corrected chi connectivity index (χ0v) is 21.3. The molecule has 0 aromatic heterocycles. The van der Waals surface area contributed by atoms with Gasteiger partial charge in [0.05, 0.1) is 16.4 Å². The van der Waals surface area contributed by atoms with Crippen molar-refractivity contribution in [3.63, 3.8) is 0 Å². The van der Waals surface area contributed by atoms with Crippen molar-refractivity contribution in [2.75, 3.05) is 0 Å². The lowest BCUT2D eigenvalue weighted by Gasteiger charge is -2.19. The maximum absolute atomic E-state index is 11.9. The Labute approximate surface area is 193 Å². The third-order valence-corrected chi connectivity index (χ3v) is 7.00.